The van der Waals surface area contributed by atoms with Crippen LogP contribution in [0.5, 0.6) is 0 Å². The first kappa shape index (κ1) is 10.4. The van der Waals surface area contributed by atoms with Crippen molar-refractivity contribution in [2.75, 3.05) is 0 Å². The largest absolute Gasteiger partial charge is 0.327 e. The maximum Gasteiger partial charge on any atom is 0.217 e. The predicted molar refractivity (Wildman–Crippen MR) is 59.0 cm³/mol. The summed E-state index contributed by atoms with van der Waals surface area (Å²) in [5.74, 6) is 2.24. The number of hydrogen-bond donors (Lipinski definition) is 1. The molecule has 0 bridgehead atoms. The van der Waals surface area contributed by atoms with E-state index in [-0.39, 0.29) is 0 Å². The third-order valence-corrected chi connectivity index (χ3v) is 3.14. The molecule has 2 aromatic rings. The number of aromatic nitrogens is 5. The number of rotatable bonds is 1. The summed E-state index contributed by atoms with van der Waals surface area (Å²) in [5.41, 5.74) is 1.92. The highest BCUT2D eigenvalue weighted by Crippen LogP contribution is 2.25. The number of hydroxylamine groups is 2. The van der Waals surface area contributed by atoms with Crippen LogP contribution < -0.4 is 0 Å². The predicted octanol–water partition coefficient (Wildman–Crippen LogP) is 0.229. The van der Waals surface area contributed by atoms with Crippen molar-refractivity contribution in [3.8, 4) is 11.6 Å². The molecule has 1 N–H and O–H groups in total. The number of imidazole rings is 1. The molecule has 0 radical (unpaired) electrons. The van der Waals surface area contributed by atoms with Gasteiger partial charge in [0.2, 0.25) is 5.82 Å². The first-order valence-electron chi connectivity index (χ1n) is 5.42. The molecule has 17 heavy (non-hydrogen) atoms. The zero-order valence-corrected chi connectivity index (χ0v) is 10.0. The van der Waals surface area contributed by atoms with Crippen molar-refractivity contribution < 1.29 is 5.21 Å². The van der Waals surface area contributed by atoms with Gasteiger partial charge in [-0.25, -0.2) is 9.97 Å². The Morgan fingerprint density at radius 2 is 1.94 bits per heavy atom. The van der Waals surface area contributed by atoms with E-state index < -0.39 is 0 Å². The number of hydrogen-bond acceptors (Lipinski definition) is 5. The van der Waals surface area contributed by atoms with Crippen LogP contribution in [0.3, 0.4) is 0 Å². The monoisotopic (exact) mass is 234 g/mol. The van der Waals surface area contributed by atoms with Gasteiger partial charge in [-0.15, -0.1) is 5.10 Å². The number of aryl methyl sites for hydroxylation is 2. The molecule has 3 rings (SSSR count). The van der Waals surface area contributed by atoms with E-state index in [1.807, 2.05) is 25.6 Å². The van der Waals surface area contributed by atoms with E-state index >= 15 is 0 Å². The minimum Gasteiger partial charge on any atom is -0.327 e. The fraction of sp³-hybridized carbons (Fsp3) is 0.500. The van der Waals surface area contributed by atoms with Gasteiger partial charge in [0.25, 0.3) is 0 Å². The summed E-state index contributed by atoms with van der Waals surface area (Å²) in [5, 5.41) is 15.0. The second kappa shape index (κ2) is 3.38. The van der Waals surface area contributed by atoms with Crippen LogP contribution in [0.2, 0.25) is 0 Å². The Bertz CT molecular complexity index is 564. The molecule has 90 valence electrons. The van der Waals surface area contributed by atoms with Gasteiger partial charge in [-0.2, -0.15) is 5.06 Å². The molecule has 0 saturated carbocycles. The van der Waals surface area contributed by atoms with Gasteiger partial charge in [0.05, 0.1) is 24.5 Å². The van der Waals surface area contributed by atoms with Gasteiger partial charge < -0.3 is 9.77 Å². The summed E-state index contributed by atoms with van der Waals surface area (Å²) >= 11 is 0. The average Bonchev–Trinajstić information content (AvgIpc) is 2.86. The van der Waals surface area contributed by atoms with Crippen molar-refractivity contribution in [2.45, 2.75) is 20.0 Å². The van der Waals surface area contributed by atoms with Crippen molar-refractivity contribution in [3.05, 3.63) is 17.2 Å². The molecule has 0 amide bonds. The lowest BCUT2D eigenvalue weighted by Crippen LogP contribution is -2.12. The molecule has 7 heteroatoms. The summed E-state index contributed by atoms with van der Waals surface area (Å²) < 4.78 is 3.67. The van der Waals surface area contributed by atoms with Crippen molar-refractivity contribution >= 4 is 0 Å². The number of nitrogens with zero attached hydrogens (tertiary/aromatic N) is 6. The Morgan fingerprint density at radius 3 is 2.53 bits per heavy atom. The van der Waals surface area contributed by atoms with Crippen LogP contribution in [0.25, 0.3) is 11.6 Å². The van der Waals surface area contributed by atoms with Gasteiger partial charge in [0.15, 0.2) is 5.82 Å². The molecule has 0 fully saturated rings. The summed E-state index contributed by atoms with van der Waals surface area (Å²) in [6, 6.07) is 0. The normalized spacial score (nSPS) is 15.5. The van der Waals surface area contributed by atoms with Crippen molar-refractivity contribution in [3.63, 3.8) is 0 Å². The van der Waals surface area contributed by atoms with Crippen LogP contribution in [0.4, 0.5) is 0 Å². The average molecular weight is 234 g/mol. The van der Waals surface area contributed by atoms with E-state index in [2.05, 4.69) is 15.1 Å². The SMILES string of the molecule is Cc1nc(-c2nc3c(n2C)CN(O)C3)nn1C. The Balaban J connectivity index is 2.09. The van der Waals surface area contributed by atoms with Gasteiger partial charge in [-0.1, -0.05) is 0 Å². The minimum atomic E-state index is 0.467. The van der Waals surface area contributed by atoms with Crippen LogP contribution in [0, 0.1) is 6.92 Å². The molecule has 0 saturated heterocycles. The van der Waals surface area contributed by atoms with Crippen LogP contribution in [-0.4, -0.2) is 34.6 Å². The smallest absolute Gasteiger partial charge is 0.217 e. The van der Waals surface area contributed by atoms with E-state index in [9.17, 15) is 5.21 Å². The Hall–Kier alpha value is -1.73. The molecular formula is C10H14N6O. The molecular weight excluding hydrogens is 220 g/mol. The van der Waals surface area contributed by atoms with Crippen molar-refractivity contribution in [1.29, 1.82) is 0 Å². The van der Waals surface area contributed by atoms with Gasteiger partial charge in [-0.3, -0.25) is 4.68 Å². The maximum atomic E-state index is 9.42. The van der Waals surface area contributed by atoms with E-state index in [1.165, 1.54) is 5.06 Å². The quantitative estimate of drug-likeness (QED) is 0.764. The van der Waals surface area contributed by atoms with Crippen LogP contribution in [-0.2, 0) is 27.2 Å². The van der Waals surface area contributed by atoms with Gasteiger partial charge >= 0.3 is 0 Å². The fourth-order valence-corrected chi connectivity index (χ4v) is 2.07. The van der Waals surface area contributed by atoms with Crippen LogP contribution >= 0.6 is 0 Å². The first-order valence-corrected chi connectivity index (χ1v) is 5.42. The fourth-order valence-electron chi connectivity index (χ4n) is 2.07. The van der Waals surface area contributed by atoms with Gasteiger partial charge in [0.1, 0.15) is 5.82 Å². The summed E-state index contributed by atoms with van der Waals surface area (Å²) in [4.78, 5) is 8.85. The Morgan fingerprint density at radius 1 is 1.18 bits per heavy atom. The lowest BCUT2D eigenvalue weighted by Gasteiger charge is -2.05. The Labute approximate surface area is 98.3 Å². The molecule has 0 aliphatic carbocycles. The molecule has 2 aromatic heterocycles. The molecule has 0 atom stereocenters. The highest BCUT2D eigenvalue weighted by molar-refractivity contribution is 5.47. The number of fused-ring (bicyclic) bond motifs is 1. The summed E-state index contributed by atoms with van der Waals surface area (Å²) in [6.07, 6.45) is 0. The second-order valence-corrected chi connectivity index (χ2v) is 4.32. The molecule has 0 unspecified atom stereocenters. The maximum absolute atomic E-state index is 9.42. The lowest BCUT2D eigenvalue weighted by molar-refractivity contribution is -0.0984. The standard InChI is InChI=1S/C10H14N6O/c1-6-11-9(13-15(6)3)10-12-7-4-16(17)5-8(7)14(10)2/h17H,4-5H2,1-3H3. The second-order valence-electron chi connectivity index (χ2n) is 4.32. The van der Waals surface area contributed by atoms with Crippen LogP contribution in [0.1, 0.15) is 17.2 Å². The Kier molecular flexibility index (Phi) is 2.07. The van der Waals surface area contributed by atoms with Crippen molar-refractivity contribution in [2.24, 2.45) is 14.1 Å². The van der Waals surface area contributed by atoms with Crippen LogP contribution in [0.15, 0.2) is 0 Å². The van der Waals surface area contributed by atoms with Gasteiger partial charge in [0, 0.05) is 14.1 Å². The topological polar surface area (TPSA) is 72.0 Å². The highest BCUT2D eigenvalue weighted by atomic mass is 16.5. The molecule has 3 heterocycles. The molecule has 7 nitrogen and oxygen atoms in total. The van der Waals surface area contributed by atoms with E-state index in [4.69, 9.17) is 0 Å². The molecule has 0 aromatic carbocycles. The third kappa shape index (κ3) is 1.47. The van der Waals surface area contributed by atoms with E-state index in [0.717, 1.165) is 23.0 Å². The molecule has 1 aliphatic rings. The highest BCUT2D eigenvalue weighted by Gasteiger charge is 2.26. The summed E-state index contributed by atoms with van der Waals surface area (Å²) in [7, 11) is 3.78. The van der Waals surface area contributed by atoms with Crippen molar-refractivity contribution in [1.82, 2.24) is 29.4 Å². The molecule has 1 aliphatic heterocycles. The zero-order chi connectivity index (χ0) is 12.2. The van der Waals surface area contributed by atoms with Gasteiger partial charge in [-0.05, 0) is 6.92 Å². The zero-order valence-electron chi connectivity index (χ0n) is 10.0. The van der Waals surface area contributed by atoms with E-state index in [0.29, 0.717) is 18.9 Å². The third-order valence-electron chi connectivity index (χ3n) is 3.14. The first-order chi connectivity index (χ1) is 8.06. The van der Waals surface area contributed by atoms with E-state index in [1.54, 1.807) is 4.68 Å². The lowest BCUT2D eigenvalue weighted by atomic mass is 10.4. The molecule has 0 spiro atoms. The minimum absolute atomic E-state index is 0.467. The summed E-state index contributed by atoms with van der Waals surface area (Å²) in [6.45, 7) is 2.88.